The molecule has 0 aromatic rings. The number of aliphatic carboxylic acids is 1. The van der Waals surface area contributed by atoms with Gasteiger partial charge in [-0.1, -0.05) is 71.1 Å². The van der Waals surface area contributed by atoms with Gasteiger partial charge in [0.05, 0.1) is 0 Å². The van der Waals surface area contributed by atoms with Crippen LogP contribution in [0.25, 0.3) is 0 Å². The molecule has 0 unspecified atom stereocenters. The number of unbranched alkanes of at least 4 members (excludes halogenated alkanes) is 10. The Morgan fingerprint density at radius 1 is 0.765 bits per heavy atom. The van der Waals surface area contributed by atoms with Crippen molar-refractivity contribution in [1.82, 2.24) is 0 Å². The van der Waals surface area contributed by atoms with Gasteiger partial charge < -0.3 is 9.90 Å². The van der Waals surface area contributed by atoms with E-state index in [9.17, 15) is 9.90 Å². The van der Waals surface area contributed by atoms with Gasteiger partial charge in [-0.05, 0) is 12.8 Å². The zero-order chi connectivity index (χ0) is 12.1. The van der Waals surface area contributed by atoms with Crippen LogP contribution < -0.4 is 5.11 Å². The topological polar surface area (TPSA) is 40.1 Å². The van der Waals surface area contributed by atoms with E-state index in [1.165, 1.54) is 57.8 Å². The van der Waals surface area contributed by atoms with Crippen molar-refractivity contribution in [3.63, 3.8) is 0 Å². The summed E-state index contributed by atoms with van der Waals surface area (Å²) in [6.07, 6.45) is 14.0. The Labute approximate surface area is 121 Å². The number of carbonyl (C=O) groups is 1. The molecule has 0 amide bonds. The monoisotopic (exact) mass is 422 g/mol. The minimum Gasteiger partial charge on any atom is -0.550 e. The van der Waals surface area contributed by atoms with E-state index in [0.29, 0.717) is 0 Å². The molecular formula is C14H27O2Pt+. The molecular weight excluding hydrogens is 395 g/mol. The van der Waals surface area contributed by atoms with Gasteiger partial charge in [-0.15, -0.1) is 0 Å². The first kappa shape index (κ1) is 19.5. The maximum Gasteiger partial charge on any atom is 2.00 e. The fourth-order valence-electron chi connectivity index (χ4n) is 1.93. The number of hydrogen-bond acceptors (Lipinski definition) is 2. The van der Waals surface area contributed by atoms with Gasteiger partial charge in [0.25, 0.3) is 0 Å². The third kappa shape index (κ3) is 18.7. The van der Waals surface area contributed by atoms with Gasteiger partial charge in [0.2, 0.25) is 0 Å². The van der Waals surface area contributed by atoms with E-state index in [4.69, 9.17) is 0 Å². The molecule has 0 rings (SSSR count). The van der Waals surface area contributed by atoms with Crippen molar-refractivity contribution in [2.24, 2.45) is 0 Å². The second-order valence-corrected chi connectivity index (χ2v) is 4.66. The normalized spacial score (nSPS) is 9.94. The van der Waals surface area contributed by atoms with E-state index in [1.54, 1.807) is 0 Å². The SMILES string of the molecule is CCCCCCCCCCCCCC(=O)[O-].[Pt+2]. The maximum atomic E-state index is 10.1. The van der Waals surface area contributed by atoms with Crippen LogP contribution >= 0.6 is 0 Å². The Hall–Kier alpha value is 0.158. The molecule has 0 fully saturated rings. The fourth-order valence-corrected chi connectivity index (χ4v) is 1.93. The Bertz CT molecular complexity index is 160. The van der Waals surface area contributed by atoms with Gasteiger partial charge in [-0.2, -0.15) is 0 Å². The summed E-state index contributed by atoms with van der Waals surface area (Å²) in [6.45, 7) is 2.24. The van der Waals surface area contributed by atoms with Gasteiger partial charge in [0.15, 0.2) is 0 Å². The summed E-state index contributed by atoms with van der Waals surface area (Å²) in [4.78, 5) is 10.1. The van der Waals surface area contributed by atoms with Gasteiger partial charge in [0, 0.05) is 5.97 Å². The van der Waals surface area contributed by atoms with E-state index in [0.717, 1.165) is 12.8 Å². The number of carbonyl (C=O) groups excluding carboxylic acids is 1. The van der Waals surface area contributed by atoms with Gasteiger partial charge in [-0.3, -0.25) is 0 Å². The fraction of sp³-hybridized carbons (Fsp3) is 0.929. The predicted octanol–water partition coefficient (Wildman–Crippen LogP) is 3.43. The molecule has 0 radical (unpaired) electrons. The number of carboxylic acids is 1. The van der Waals surface area contributed by atoms with Gasteiger partial charge in [-0.25, -0.2) is 0 Å². The average molecular weight is 422 g/mol. The molecule has 0 spiro atoms. The first-order valence-corrected chi connectivity index (χ1v) is 6.97. The first-order valence-electron chi connectivity index (χ1n) is 6.97. The maximum absolute atomic E-state index is 10.1. The van der Waals surface area contributed by atoms with E-state index >= 15 is 0 Å². The molecule has 2 nitrogen and oxygen atoms in total. The van der Waals surface area contributed by atoms with Crippen LogP contribution in [0.4, 0.5) is 0 Å². The van der Waals surface area contributed by atoms with Crippen molar-refractivity contribution < 1.29 is 31.0 Å². The largest absolute Gasteiger partial charge is 2.00 e. The number of carboxylic acid groups (broad SMARTS) is 1. The third-order valence-electron chi connectivity index (χ3n) is 2.98. The Balaban J connectivity index is 0. The van der Waals surface area contributed by atoms with Crippen LogP contribution in [0.15, 0.2) is 0 Å². The molecule has 0 aliphatic rings. The number of rotatable bonds is 12. The molecule has 3 heteroatoms. The molecule has 17 heavy (non-hydrogen) atoms. The van der Waals surface area contributed by atoms with E-state index in [2.05, 4.69) is 6.92 Å². The summed E-state index contributed by atoms with van der Waals surface area (Å²) < 4.78 is 0. The summed E-state index contributed by atoms with van der Waals surface area (Å²) in [7, 11) is 0. The molecule has 0 aromatic carbocycles. The minimum absolute atomic E-state index is 0. The van der Waals surface area contributed by atoms with Gasteiger partial charge in [0.1, 0.15) is 0 Å². The molecule has 0 N–H and O–H groups in total. The van der Waals surface area contributed by atoms with Crippen molar-refractivity contribution >= 4 is 5.97 Å². The molecule has 0 bridgehead atoms. The molecule has 0 heterocycles. The van der Waals surface area contributed by atoms with Crippen LogP contribution in [0.2, 0.25) is 0 Å². The molecule has 0 saturated heterocycles. The van der Waals surface area contributed by atoms with Crippen molar-refractivity contribution in [3.8, 4) is 0 Å². The van der Waals surface area contributed by atoms with Crippen LogP contribution in [-0.2, 0) is 25.9 Å². The van der Waals surface area contributed by atoms with E-state index < -0.39 is 5.97 Å². The van der Waals surface area contributed by atoms with Crippen molar-refractivity contribution in [1.29, 1.82) is 0 Å². The summed E-state index contributed by atoms with van der Waals surface area (Å²) in [5, 5.41) is 10.1. The Kier molecular flexibility index (Phi) is 18.5. The molecule has 104 valence electrons. The molecule has 0 aliphatic carbocycles. The van der Waals surface area contributed by atoms with Crippen LogP contribution in [0.5, 0.6) is 0 Å². The number of hydrogen-bond donors (Lipinski definition) is 0. The summed E-state index contributed by atoms with van der Waals surface area (Å²) in [5.41, 5.74) is 0. The minimum atomic E-state index is -0.907. The average Bonchev–Trinajstić information content (AvgIpc) is 2.25. The van der Waals surface area contributed by atoms with Crippen molar-refractivity contribution in [2.75, 3.05) is 0 Å². The Morgan fingerprint density at radius 2 is 1.12 bits per heavy atom. The quantitative estimate of drug-likeness (QED) is 0.452. The molecule has 0 aliphatic heterocycles. The van der Waals surface area contributed by atoms with Crippen molar-refractivity contribution in [3.05, 3.63) is 0 Å². The summed E-state index contributed by atoms with van der Waals surface area (Å²) in [6, 6.07) is 0. The second-order valence-electron chi connectivity index (χ2n) is 4.66. The van der Waals surface area contributed by atoms with Crippen LogP contribution in [0.1, 0.15) is 84.0 Å². The summed E-state index contributed by atoms with van der Waals surface area (Å²) >= 11 is 0. The molecule has 0 saturated carbocycles. The van der Waals surface area contributed by atoms with E-state index in [1.807, 2.05) is 0 Å². The third-order valence-corrected chi connectivity index (χ3v) is 2.98. The Morgan fingerprint density at radius 3 is 1.47 bits per heavy atom. The second kappa shape index (κ2) is 16.2. The zero-order valence-corrected chi connectivity index (χ0v) is 13.4. The standard InChI is InChI=1S/C14H28O2.Pt/c1-2-3-4-5-6-7-8-9-10-11-12-13-14(15)16;/h2-13H2,1H3,(H,15,16);/q;+2/p-1. The van der Waals surface area contributed by atoms with E-state index in [-0.39, 0.29) is 27.5 Å². The van der Waals surface area contributed by atoms with Gasteiger partial charge >= 0.3 is 21.1 Å². The molecule has 0 atom stereocenters. The first-order chi connectivity index (χ1) is 7.77. The van der Waals surface area contributed by atoms with Crippen LogP contribution in [-0.4, -0.2) is 5.97 Å². The smallest absolute Gasteiger partial charge is 0.550 e. The van der Waals surface area contributed by atoms with Crippen LogP contribution in [0, 0.1) is 0 Å². The predicted molar refractivity (Wildman–Crippen MR) is 66.1 cm³/mol. The zero-order valence-electron chi connectivity index (χ0n) is 11.1. The van der Waals surface area contributed by atoms with Crippen LogP contribution in [0.3, 0.4) is 0 Å². The summed E-state index contributed by atoms with van der Waals surface area (Å²) in [5.74, 6) is -0.907. The van der Waals surface area contributed by atoms with Crippen molar-refractivity contribution in [2.45, 2.75) is 84.0 Å². The molecule has 0 aromatic heterocycles.